The lowest BCUT2D eigenvalue weighted by Crippen LogP contribution is -2.25. The third-order valence-corrected chi connectivity index (χ3v) is 5.23. The molecular formula is C24H21F3N4O. The molecule has 2 aromatic heterocycles. The number of nitrogens with one attached hydrogen (secondary N) is 1. The van der Waals surface area contributed by atoms with Crippen LogP contribution in [-0.4, -0.2) is 27.2 Å². The molecule has 164 valence electrons. The van der Waals surface area contributed by atoms with Crippen LogP contribution in [0.25, 0.3) is 22.3 Å². The first kappa shape index (κ1) is 21.5. The van der Waals surface area contributed by atoms with Gasteiger partial charge in [0.05, 0.1) is 28.4 Å². The monoisotopic (exact) mass is 438 g/mol. The fraction of sp³-hybridized carbons (Fsp3) is 0.208. The first-order valence-corrected chi connectivity index (χ1v) is 10.2. The summed E-state index contributed by atoms with van der Waals surface area (Å²) in [5.74, 6) is -0.371. The molecule has 32 heavy (non-hydrogen) atoms. The van der Waals surface area contributed by atoms with Crippen LogP contribution >= 0.6 is 0 Å². The number of rotatable bonds is 6. The maximum absolute atomic E-state index is 13.5. The molecule has 0 aliphatic carbocycles. The maximum Gasteiger partial charge on any atom is 0.417 e. The number of nitrogens with zero attached hydrogens (tertiary/aromatic N) is 3. The van der Waals surface area contributed by atoms with E-state index in [1.807, 2.05) is 30.3 Å². The fourth-order valence-corrected chi connectivity index (χ4v) is 3.63. The lowest BCUT2D eigenvalue weighted by molar-refractivity contribution is -0.137. The number of aromatic nitrogens is 3. The minimum absolute atomic E-state index is 0.0726. The summed E-state index contributed by atoms with van der Waals surface area (Å²) >= 11 is 0. The summed E-state index contributed by atoms with van der Waals surface area (Å²) in [5, 5.41) is 7.49. The molecule has 0 bridgehead atoms. The van der Waals surface area contributed by atoms with Gasteiger partial charge in [-0.05, 0) is 30.5 Å². The molecule has 0 fully saturated rings. The average molecular weight is 438 g/mol. The highest BCUT2D eigenvalue weighted by Gasteiger charge is 2.34. The van der Waals surface area contributed by atoms with E-state index in [1.165, 1.54) is 40.7 Å². The van der Waals surface area contributed by atoms with Gasteiger partial charge in [0.1, 0.15) is 0 Å². The van der Waals surface area contributed by atoms with Crippen molar-refractivity contribution in [3.8, 4) is 11.3 Å². The Morgan fingerprint density at radius 2 is 1.78 bits per heavy atom. The van der Waals surface area contributed by atoms with Gasteiger partial charge in [-0.25, -0.2) is 4.98 Å². The molecule has 2 aromatic carbocycles. The van der Waals surface area contributed by atoms with Gasteiger partial charge in [-0.2, -0.15) is 18.3 Å². The molecule has 0 saturated heterocycles. The van der Waals surface area contributed by atoms with Crippen molar-refractivity contribution in [1.82, 2.24) is 20.1 Å². The Morgan fingerprint density at radius 3 is 2.53 bits per heavy atom. The number of hydrogen-bond acceptors (Lipinski definition) is 3. The van der Waals surface area contributed by atoms with Crippen LogP contribution in [0.1, 0.15) is 27.9 Å². The third kappa shape index (κ3) is 4.49. The standard InChI is InChI=1S/C24H21F3N4O/c1-31-22-19(15-29-31)18(23(32)28-13-7-10-16-8-3-2-4-9-16)14-21(30-22)17-11-5-6-12-20(17)24(25,26)27/h2-6,8-9,11-12,14-15H,7,10,13H2,1H3,(H,28,32). The quantitative estimate of drug-likeness (QED) is 0.430. The van der Waals surface area contributed by atoms with Gasteiger partial charge in [-0.3, -0.25) is 9.48 Å². The van der Waals surface area contributed by atoms with E-state index in [0.717, 1.165) is 18.9 Å². The molecule has 0 atom stereocenters. The predicted octanol–water partition coefficient (Wildman–Crippen LogP) is 5.02. The number of aryl methyl sites for hydroxylation is 2. The lowest BCUT2D eigenvalue weighted by Gasteiger charge is -2.14. The van der Waals surface area contributed by atoms with Gasteiger partial charge in [0.2, 0.25) is 0 Å². The fourth-order valence-electron chi connectivity index (χ4n) is 3.63. The molecular weight excluding hydrogens is 417 g/mol. The van der Waals surface area contributed by atoms with E-state index in [4.69, 9.17) is 0 Å². The first-order chi connectivity index (χ1) is 15.3. The lowest BCUT2D eigenvalue weighted by atomic mass is 10.0. The van der Waals surface area contributed by atoms with Gasteiger partial charge in [0, 0.05) is 19.2 Å². The van der Waals surface area contributed by atoms with E-state index in [-0.39, 0.29) is 22.7 Å². The van der Waals surface area contributed by atoms with E-state index < -0.39 is 11.7 Å². The molecule has 5 nitrogen and oxygen atoms in total. The van der Waals surface area contributed by atoms with Gasteiger partial charge in [-0.15, -0.1) is 0 Å². The van der Waals surface area contributed by atoms with Crippen LogP contribution in [0.15, 0.2) is 66.9 Å². The molecule has 1 N–H and O–H groups in total. The number of amides is 1. The molecule has 0 spiro atoms. The Bertz CT molecular complexity index is 1250. The number of halogens is 3. The van der Waals surface area contributed by atoms with Gasteiger partial charge in [0.15, 0.2) is 5.65 Å². The molecule has 0 radical (unpaired) electrons. The molecule has 2 heterocycles. The van der Waals surface area contributed by atoms with Crippen molar-refractivity contribution in [2.24, 2.45) is 7.05 Å². The molecule has 0 aliphatic rings. The average Bonchev–Trinajstić information content (AvgIpc) is 3.17. The second-order valence-corrected chi connectivity index (χ2v) is 7.45. The zero-order valence-electron chi connectivity index (χ0n) is 17.4. The number of benzene rings is 2. The summed E-state index contributed by atoms with van der Waals surface area (Å²) < 4.78 is 42.1. The van der Waals surface area contributed by atoms with Crippen molar-refractivity contribution >= 4 is 16.9 Å². The number of carbonyl (C=O) groups excluding carboxylic acids is 1. The highest BCUT2D eigenvalue weighted by molar-refractivity contribution is 6.06. The zero-order valence-corrected chi connectivity index (χ0v) is 17.4. The van der Waals surface area contributed by atoms with Crippen molar-refractivity contribution < 1.29 is 18.0 Å². The summed E-state index contributed by atoms with van der Waals surface area (Å²) in [6, 6.07) is 16.5. The molecule has 4 aromatic rings. The molecule has 4 rings (SSSR count). The predicted molar refractivity (Wildman–Crippen MR) is 116 cm³/mol. The van der Waals surface area contributed by atoms with E-state index in [2.05, 4.69) is 15.4 Å². The molecule has 0 aliphatic heterocycles. The highest BCUT2D eigenvalue weighted by Crippen LogP contribution is 2.37. The van der Waals surface area contributed by atoms with Crippen molar-refractivity contribution in [2.75, 3.05) is 6.54 Å². The number of hydrogen-bond donors (Lipinski definition) is 1. The normalized spacial score (nSPS) is 11.6. The maximum atomic E-state index is 13.5. The number of fused-ring (bicyclic) bond motifs is 1. The summed E-state index contributed by atoms with van der Waals surface area (Å²) in [4.78, 5) is 17.3. The molecule has 8 heteroatoms. The second-order valence-electron chi connectivity index (χ2n) is 7.45. The molecule has 0 unspecified atom stereocenters. The van der Waals surface area contributed by atoms with E-state index in [9.17, 15) is 18.0 Å². The Kier molecular flexibility index (Phi) is 5.94. The van der Waals surface area contributed by atoms with Crippen LogP contribution < -0.4 is 5.32 Å². The van der Waals surface area contributed by atoms with Gasteiger partial charge >= 0.3 is 6.18 Å². The summed E-state index contributed by atoms with van der Waals surface area (Å²) in [7, 11) is 1.64. The summed E-state index contributed by atoms with van der Waals surface area (Å²) in [6.45, 7) is 0.437. The Morgan fingerprint density at radius 1 is 1.06 bits per heavy atom. The van der Waals surface area contributed by atoms with Gasteiger partial charge in [0.25, 0.3) is 5.91 Å². The number of alkyl halides is 3. The van der Waals surface area contributed by atoms with Crippen LogP contribution in [0.3, 0.4) is 0 Å². The largest absolute Gasteiger partial charge is 0.417 e. The Labute approximate surface area is 182 Å². The highest BCUT2D eigenvalue weighted by atomic mass is 19.4. The number of pyridine rings is 1. The smallest absolute Gasteiger partial charge is 0.352 e. The van der Waals surface area contributed by atoms with Crippen LogP contribution in [0.2, 0.25) is 0 Å². The van der Waals surface area contributed by atoms with Gasteiger partial charge in [-0.1, -0.05) is 48.5 Å². The Hall–Kier alpha value is -3.68. The minimum atomic E-state index is -4.54. The summed E-state index contributed by atoms with van der Waals surface area (Å²) in [5.41, 5.74) is 0.947. The van der Waals surface area contributed by atoms with Crippen molar-refractivity contribution in [2.45, 2.75) is 19.0 Å². The van der Waals surface area contributed by atoms with Crippen molar-refractivity contribution in [3.63, 3.8) is 0 Å². The second kappa shape index (κ2) is 8.82. The van der Waals surface area contributed by atoms with Crippen molar-refractivity contribution in [1.29, 1.82) is 0 Å². The van der Waals surface area contributed by atoms with E-state index in [1.54, 1.807) is 7.05 Å². The number of carbonyl (C=O) groups is 1. The van der Waals surface area contributed by atoms with Crippen LogP contribution in [0.5, 0.6) is 0 Å². The Balaban J connectivity index is 1.63. The van der Waals surface area contributed by atoms with E-state index >= 15 is 0 Å². The third-order valence-electron chi connectivity index (χ3n) is 5.23. The van der Waals surface area contributed by atoms with Crippen LogP contribution in [0, 0.1) is 0 Å². The van der Waals surface area contributed by atoms with Gasteiger partial charge < -0.3 is 5.32 Å². The first-order valence-electron chi connectivity index (χ1n) is 10.2. The minimum Gasteiger partial charge on any atom is -0.352 e. The van der Waals surface area contributed by atoms with Crippen LogP contribution in [-0.2, 0) is 19.6 Å². The van der Waals surface area contributed by atoms with E-state index in [0.29, 0.717) is 17.6 Å². The topological polar surface area (TPSA) is 59.8 Å². The van der Waals surface area contributed by atoms with Crippen molar-refractivity contribution in [3.05, 3.63) is 83.6 Å². The molecule has 1 amide bonds. The summed E-state index contributed by atoms with van der Waals surface area (Å²) in [6.07, 6.45) is -1.50. The van der Waals surface area contributed by atoms with Crippen LogP contribution in [0.4, 0.5) is 13.2 Å². The molecule has 0 saturated carbocycles. The zero-order chi connectivity index (χ0) is 22.7. The SMILES string of the molecule is Cn1ncc2c(C(=O)NCCCc3ccccc3)cc(-c3ccccc3C(F)(F)F)nc21.